The molecule has 0 radical (unpaired) electrons. The molecule has 7 heteroatoms. The number of amides is 1. The number of anilines is 1. The average Bonchev–Trinajstić information content (AvgIpc) is 3.23. The fourth-order valence-corrected chi connectivity index (χ4v) is 4.01. The van der Waals surface area contributed by atoms with Crippen LogP contribution in [0.3, 0.4) is 0 Å². The van der Waals surface area contributed by atoms with E-state index in [2.05, 4.69) is 20.8 Å². The smallest absolute Gasteiger partial charge is 0.238 e. The van der Waals surface area contributed by atoms with Gasteiger partial charge in [-0.2, -0.15) is 0 Å². The minimum Gasteiger partial charge on any atom is -0.360 e. The Kier molecular flexibility index (Phi) is 4.94. The second-order valence-electron chi connectivity index (χ2n) is 5.09. The Morgan fingerprint density at radius 2 is 2.14 bits per heavy atom. The van der Waals surface area contributed by atoms with Crippen molar-refractivity contribution < 1.29 is 4.79 Å². The van der Waals surface area contributed by atoms with Crippen molar-refractivity contribution in [1.29, 1.82) is 0 Å². The number of hydrogen-bond donors (Lipinski definition) is 2. The lowest BCUT2D eigenvalue weighted by atomic mass is 10.1. The number of hydrogen-bond acceptors (Lipinski definition) is 6. The SMILES string of the molecule is CCNc1nnc(S[C@H](C(=O)NC2CC2)c2ccccc2)s1. The van der Waals surface area contributed by atoms with Crippen LogP contribution in [0, 0.1) is 0 Å². The third-order valence-electron chi connectivity index (χ3n) is 3.22. The quantitative estimate of drug-likeness (QED) is 0.762. The molecular formula is C15H18N4OS2. The second-order valence-corrected chi connectivity index (χ2v) is 7.42. The van der Waals surface area contributed by atoms with E-state index in [-0.39, 0.29) is 11.2 Å². The maximum absolute atomic E-state index is 12.5. The van der Waals surface area contributed by atoms with E-state index in [0.29, 0.717) is 6.04 Å². The molecule has 3 rings (SSSR count). The van der Waals surface area contributed by atoms with Crippen LogP contribution in [0.25, 0.3) is 0 Å². The molecule has 5 nitrogen and oxygen atoms in total. The predicted molar refractivity (Wildman–Crippen MR) is 90.3 cm³/mol. The molecule has 0 spiro atoms. The van der Waals surface area contributed by atoms with Gasteiger partial charge in [-0.25, -0.2) is 0 Å². The lowest BCUT2D eigenvalue weighted by Gasteiger charge is -2.15. The van der Waals surface area contributed by atoms with Crippen molar-refractivity contribution in [1.82, 2.24) is 15.5 Å². The zero-order chi connectivity index (χ0) is 15.4. The summed E-state index contributed by atoms with van der Waals surface area (Å²) in [4.78, 5) is 12.5. The molecular weight excluding hydrogens is 316 g/mol. The predicted octanol–water partition coefficient (Wildman–Crippen LogP) is 3.08. The van der Waals surface area contributed by atoms with Crippen molar-refractivity contribution in [2.24, 2.45) is 0 Å². The fourth-order valence-electron chi connectivity index (χ4n) is 1.99. The van der Waals surface area contributed by atoms with Crippen LogP contribution in [0.15, 0.2) is 34.7 Å². The molecule has 0 bridgehead atoms. The molecule has 1 aromatic heterocycles. The van der Waals surface area contributed by atoms with Gasteiger partial charge in [-0.1, -0.05) is 53.4 Å². The summed E-state index contributed by atoms with van der Waals surface area (Å²) in [5.74, 6) is 0.0545. The van der Waals surface area contributed by atoms with Crippen molar-refractivity contribution in [3.8, 4) is 0 Å². The summed E-state index contributed by atoms with van der Waals surface area (Å²) < 4.78 is 0.802. The number of benzene rings is 1. The molecule has 1 atom stereocenters. The molecule has 0 unspecified atom stereocenters. The molecule has 1 heterocycles. The van der Waals surface area contributed by atoms with Gasteiger partial charge in [0.2, 0.25) is 11.0 Å². The molecule has 1 amide bonds. The van der Waals surface area contributed by atoms with Gasteiger partial charge < -0.3 is 10.6 Å². The molecule has 1 aliphatic rings. The van der Waals surface area contributed by atoms with Crippen LogP contribution < -0.4 is 10.6 Å². The number of thioether (sulfide) groups is 1. The average molecular weight is 334 g/mol. The van der Waals surface area contributed by atoms with E-state index < -0.39 is 0 Å². The summed E-state index contributed by atoms with van der Waals surface area (Å²) in [6.45, 7) is 2.83. The van der Waals surface area contributed by atoms with Gasteiger partial charge in [-0.05, 0) is 25.3 Å². The van der Waals surface area contributed by atoms with Crippen LogP contribution in [-0.2, 0) is 4.79 Å². The van der Waals surface area contributed by atoms with E-state index in [4.69, 9.17) is 0 Å². The van der Waals surface area contributed by atoms with Crippen molar-refractivity contribution >= 4 is 34.1 Å². The third kappa shape index (κ3) is 3.98. The van der Waals surface area contributed by atoms with Gasteiger partial charge in [0, 0.05) is 12.6 Å². The molecule has 116 valence electrons. The lowest BCUT2D eigenvalue weighted by molar-refractivity contribution is -0.120. The molecule has 2 N–H and O–H groups in total. The van der Waals surface area contributed by atoms with Gasteiger partial charge in [-0.15, -0.1) is 10.2 Å². The molecule has 1 aromatic carbocycles. The summed E-state index contributed by atoms with van der Waals surface area (Å²) in [7, 11) is 0. The van der Waals surface area contributed by atoms with Gasteiger partial charge in [0.05, 0.1) is 0 Å². The first-order valence-corrected chi connectivity index (χ1v) is 9.05. The van der Waals surface area contributed by atoms with E-state index in [1.807, 2.05) is 37.3 Å². The number of carbonyl (C=O) groups is 1. The molecule has 1 saturated carbocycles. The van der Waals surface area contributed by atoms with Gasteiger partial charge in [0.25, 0.3) is 0 Å². The molecule has 1 aliphatic carbocycles. The molecule has 0 saturated heterocycles. The summed E-state index contributed by atoms with van der Waals surface area (Å²) in [6, 6.07) is 10.2. The van der Waals surface area contributed by atoms with Crippen LogP contribution >= 0.6 is 23.1 Å². The van der Waals surface area contributed by atoms with Crippen LogP contribution in [0.4, 0.5) is 5.13 Å². The molecule has 1 fully saturated rings. The largest absolute Gasteiger partial charge is 0.360 e. The van der Waals surface area contributed by atoms with E-state index >= 15 is 0 Å². The Morgan fingerprint density at radius 3 is 2.82 bits per heavy atom. The summed E-state index contributed by atoms with van der Waals surface area (Å²) >= 11 is 2.94. The topological polar surface area (TPSA) is 66.9 Å². The standard InChI is InChI=1S/C15H18N4OS2/c1-2-16-14-18-19-15(22-14)21-12(10-6-4-3-5-7-10)13(20)17-11-8-9-11/h3-7,11-12H,2,8-9H2,1H3,(H,16,18)(H,17,20)/t12-/m0/s1. The van der Waals surface area contributed by atoms with Gasteiger partial charge in [0.1, 0.15) is 5.25 Å². The second kappa shape index (κ2) is 7.11. The van der Waals surface area contributed by atoms with Crippen molar-refractivity contribution in [3.05, 3.63) is 35.9 Å². The minimum atomic E-state index is -0.288. The highest BCUT2D eigenvalue weighted by molar-refractivity contribution is 8.01. The maximum Gasteiger partial charge on any atom is 0.238 e. The number of aromatic nitrogens is 2. The Morgan fingerprint density at radius 1 is 1.36 bits per heavy atom. The van der Waals surface area contributed by atoms with E-state index in [9.17, 15) is 4.79 Å². The lowest BCUT2D eigenvalue weighted by Crippen LogP contribution is -2.29. The van der Waals surface area contributed by atoms with E-state index in [1.165, 1.54) is 23.1 Å². The monoisotopic (exact) mass is 334 g/mol. The van der Waals surface area contributed by atoms with Crippen LogP contribution in [0.1, 0.15) is 30.6 Å². The molecule has 0 aliphatic heterocycles. The number of carbonyl (C=O) groups excluding carboxylic acids is 1. The van der Waals surface area contributed by atoms with Crippen molar-refractivity contribution in [3.63, 3.8) is 0 Å². The van der Waals surface area contributed by atoms with E-state index in [0.717, 1.165) is 34.4 Å². The number of rotatable bonds is 7. The van der Waals surface area contributed by atoms with Gasteiger partial charge >= 0.3 is 0 Å². The number of nitrogens with one attached hydrogen (secondary N) is 2. The first-order chi connectivity index (χ1) is 10.8. The van der Waals surface area contributed by atoms with Crippen LogP contribution in [0.2, 0.25) is 0 Å². The zero-order valence-electron chi connectivity index (χ0n) is 12.3. The van der Waals surface area contributed by atoms with Crippen molar-refractivity contribution in [2.45, 2.75) is 35.4 Å². The summed E-state index contributed by atoms with van der Waals surface area (Å²) in [5, 5.41) is 15.0. The summed E-state index contributed by atoms with van der Waals surface area (Å²) in [6.07, 6.45) is 2.17. The molecule has 2 aromatic rings. The van der Waals surface area contributed by atoms with Crippen LogP contribution in [0.5, 0.6) is 0 Å². The Labute approximate surface area is 137 Å². The van der Waals surface area contributed by atoms with Gasteiger partial charge in [-0.3, -0.25) is 4.79 Å². The summed E-state index contributed by atoms with van der Waals surface area (Å²) in [5.41, 5.74) is 0.992. The minimum absolute atomic E-state index is 0.0545. The Bertz CT molecular complexity index is 627. The highest BCUT2D eigenvalue weighted by atomic mass is 32.2. The molecule has 22 heavy (non-hydrogen) atoms. The van der Waals surface area contributed by atoms with Crippen LogP contribution in [-0.4, -0.2) is 28.7 Å². The maximum atomic E-state index is 12.5. The van der Waals surface area contributed by atoms with Crippen molar-refractivity contribution in [2.75, 3.05) is 11.9 Å². The fraction of sp³-hybridized carbons (Fsp3) is 0.400. The first kappa shape index (κ1) is 15.3. The van der Waals surface area contributed by atoms with Gasteiger partial charge in [0.15, 0.2) is 4.34 Å². The Balaban J connectivity index is 1.76. The highest BCUT2D eigenvalue weighted by Crippen LogP contribution is 2.38. The first-order valence-electron chi connectivity index (χ1n) is 7.35. The highest BCUT2D eigenvalue weighted by Gasteiger charge is 2.29. The zero-order valence-corrected chi connectivity index (χ0v) is 13.9. The normalized spacial score (nSPS) is 15.3. The van der Waals surface area contributed by atoms with E-state index in [1.54, 1.807) is 0 Å². The third-order valence-corrected chi connectivity index (χ3v) is 5.44. The number of nitrogens with zero attached hydrogens (tertiary/aromatic N) is 2. The Hall–Kier alpha value is -1.60.